The quantitative estimate of drug-likeness (QED) is 0.396. The van der Waals surface area contributed by atoms with E-state index < -0.39 is 0 Å². The second-order valence-corrected chi connectivity index (χ2v) is 7.03. The molecule has 0 aliphatic carbocycles. The average Bonchev–Trinajstić information content (AvgIpc) is 3.06. The first-order chi connectivity index (χ1) is 12.6. The number of aryl methyl sites for hydroxylation is 2. The third-order valence-corrected chi connectivity index (χ3v) is 4.83. The van der Waals surface area contributed by atoms with Crippen LogP contribution in [0.5, 0.6) is 0 Å². The van der Waals surface area contributed by atoms with Crippen LogP contribution in [0.4, 0.5) is 5.69 Å². The van der Waals surface area contributed by atoms with Gasteiger partial charge in [0.2, 0.25) is 0 Å². The number of hydrogen-bond acceptors (Lipinski definition) is 3. The van der Waals surface area contributed by atoms with E-state index in [-0.39, 0.29) is 24.0 Å². The Hall–Kier alpha value is -1.48. The van der Waals surface area contributed by atoms with E-state index in [0.717, 1.165) is 49.3 Å². The number of aromatic nitrogens is 2. The number of rotatable bonds is 4. The van der Waals surface area contributed by atoms with Crippen LogP contribution in [0.3, 0.4) is 0 Å². The molecule has 0 unspecified atom stereocenters. The Labute approximate surface area is 183 Å². The van der Waals surface area contributed by atoms with Gasteiger partial charge in [-0.15, -0.1) is 24.0 Å². The van der Waals surface area contributed by atoms with Gasteiger partial charge in [-0.2, -0.15) is 5.10 Å². The van der Waals surface area contributed by atoms with Crippen molar-refractivity contribution >= 4 is 47.2 Å². The van der Waals surface area contributed by atoms with Gasteiger partial charge in [0.15, 0.2) is 5.96 Å². The van der Waals surface area contributed by atoms with Gasteiger partial charge in [0.1, 0.15) is 0 Å². The topological polar surface area (TPSA) is 48.7 Å². The molecule has 1 aliphatic rings. The fraction of sp³-hybridized carbons (Fsp3) is 0.474. The lowest BCUT2D eigenvalue weighted by atomic mass is 10.1. The van der Waals surface area contributed by atoms with Crippen LogP contribution in [0.15, 0.2) is 35.6 Å². The molecule has 8 heteroatoms. The Morgan fingerprint density at radius 3 is 2.63 bits per heavy atom. The summed E-state index contributed by atoms with van der Waals surface area (Å²) >= 11 is 6.18. The number of benzene rings is 1. The summed E-state index contributed by atoms with van der Waals surface area (Å²) in [5, 5.41) is 8.41. The highest BCUT2D eigenvalue weighted by Crippen LogP contribution is 2.25. The second-order valence-electron chi connectivity index (χ2n) is 6.60. The Bertz CT molecular complexity index is 767. The van der Waals surface area contributed by atoms with Crippen molar-refractivity contribution in [2.75, 3.05) is 37.6 Å². The molecule has 0 atom stereocenters. The van der Waals surface area contributed by atoms with E-state index in [1.54, 1.807) is 0 Å². The second kappa shape index (κ2) is 10.2. The normalized spacial score (nSPS) is 14.9. The molecule has 148 valence electrons. The van der Waals surface area contributed by atoms with Gasteiger partial charge in [0.25, 0.3) is 0 Å². The number of anilines is 1. The van der Waals surface area contributed by atoms with Crippen LogP contribution in [0.2, 0.25) is 5.02 Å². The first-order valence-corrected chi connectivity index (χ1v) is 9.46. The predicted molar refractivity (Wildman–Crippen MR) is 123 cm³/mol. The van der Waals surface area contributed by atoms with Crippen molar-refractivity contribution in [1.29, 1.82) is 0 Å². The summed E-state index contributed by atoms with van der Waals surface area (Å²) in [6.07, 6.45) is 3.87. The summed E-state index contributed by atoms with van der Waals surface area (Å²) in [7, 11) is 1.93. The van der Waals surface area contributed by atoms with Gasteiger partial charge in [-0.3, -0.25) is 4.68 Å². The van der Waals surface area contributed by atoms with Crippen LogP contribution in [0, 0.1) is 6.92 Å². The third-order valence-electron chi connectivity index (χ3n) is 4.60. The molecule has 2 aromatic rings. The molecule has 1 saturated heterocycles. The van der Waals surface area contributed by atoms with E-state index in [2.05, 4.69) is 46.2 Å². The Balaban J connectivity index is 0.00000261. The van der Waals surface area contributed by atoms with Crippen LogP contribution in [0.25, 0.3) is 0 Å². The largest absolute Gasteiger partial charge is 0.368 e. The highest BCUT2D eigenvalue weighted by molar-refractivity contribution is 14.0. The molecule has 0 spiro atoms. The molecule has 1 aromatic carbocycles. The maximum absolute atomic E-state index is 6.18. The summed E-state index contributed by atoms with van der Waals surface area (Å²) in [6, 6.07) is 6.10. The van der Waals surface area contributed by atoms with E-state index in [9.17, 15) is 0 Å². The molecule has 2 heterocycles. The SMILES string of the molecule is CCNC(=NCc1cnn(C)c1)N1CCN(c2cc(Cl)ccc2C)CC1.I. The van der Waals surface area contributed by atoms with E-state index >= 15 is 0 Å². The van der Waals surface area contributed by atoms with Gasteiger partial charge in [-0.25, -0.2) is 4.99 Å². The van der Waals surface area contributed by atoms with E-state index in [4.69, 9.17) is 16.6 Å². The molecule has 1 aromatic heterocycles. The van der Waals surface area contributed by atoms with Gasteiger partial charge in [-0.1, -0.05) is 17.7 Å². The lowest BCUT2D eigenvalue weighted by molar-refractivity contribution is 0.372. The third kappa shape index (κ3) is 5.75. The van der Waals surface area contributed by atoms with E-state index in [1.807, 2.05) is 30.2 Å². The molecule has 1 aliphatic heterocycles. The molecular weight excluding hydrogens is 475 g/mol. The highest BCUT2D eigenvalue weighted by atomic mass is 127. The smallest absolute Gasteiger partial charge is 0.194 e. The Morgan fingerprint density at radius 2 is 2.00 bits per heavy atom. The van der Waals surface area contributed by atoms with E-state index in [0.29, 0.717) is 6.54 Å². The first kappa shape index (κ1) is 21.8. The maximum Gasteiger partial charge on any atom is 0.194 e. The Morgan fingerprint density at radius 1 is 1.26 bits per heavy atom. The fourth-order valence-electron chi connectivity index (χ4n) is 3.23. The fourth-order valence-corrected chi connectivity index (χ4v) is 3.39. The standard InChI is InChI=1S/C19H27ClN6.HI/c1-4-21-19(22-12-16-13-23-24(3)14-16)26-9-7-25(8-10-26)18-11-17(20)6-5-15(18)2;/h5-6,11,13-14H,4,7-10,12H2,1-3H3,(H,21,22);1H. The van der Waals surface area contributed by atoms with Gasteiger partial charge in [0, 0.05) is 62.2 Å². The minimum Gasteiger partial charge on any atom is -0.368 e. The predicted octanol–water partition coefficient (Wildman–Crippen LogP) is 3.29. The van der Waals surface area contributed by atoms with Gasteiger partial charge in [-0.05, 0) is 31.5 Å². The molecule has 6 nitrogen and oxygen atoms in total. The van der Waals surface area contributed by atoms with Crippen LogP contribution in [-0.2, 0) is 13.6 Å². The van der Waals surface area contributed by atoms with Crippen LogP contribution >= 0.6 is 35.6 Å². The van der Waals surface area contributed by atoms with Crippen molar-refractivity contribution in [2.45, 2.75) is 20.4 Å². The minimum absolute atomic E-state index is 0. The number of nitrogens with one attached hydrogen (secondary N) is 1. The number of halogens is 2. The number of nitrogens with zero attached hydrogens (tertiary/aromatic N) is 5. The average molecular weight is 503 g/mol. The molecule has 3 rings (SSSR count). The van der Waals surface area contributed by atoms with Crippen molar-refractivity contribution < 1.29 is 0 Å². The Kier molecular flexibility index (Phi) is 8.22. The van der Waals surface area contributed by atoms with Crippen molar-refractivity contribution in [3.05, 3.63) is 46.7 Å². The first-order valence-electron chi connectivity index (χ1n) is 9.08. The number of aliphatic imine (C=N–C) groups is 1. The molecule has 0 radical (unpaired) electrons. The molecule has 1 N–H and O–H groups in total. The summed E-state index contributed by atoms with van der Waals surface area (Å²) in [6.45, 7) is 9.53. The maximum atomic E-state index is 6.18. The zero-order chi connectivity index (χ0) is 18.5. The number of piperazine rings is 1. The van der Waals surface area contributed by atoms with Crippen molar-refractivity contribution in [3.63, 3.8) is 0 Å². The zero-order valence-electron chi connectivity index (χ0n) is 16.2. The van der Waals surface area contributed by atoms with Crippen molar-refractivity contribution in [2.24, 2.45) is 12.0 Å². The van der Waals surface area contributed by atoms with Crippen LogP contribution < -0.4 is 10.2 Å². The lowest BCUT2D eigenvalue weighted by Crippen LogP contribution is -2.52. The van der Waals surface area contributed by atoms with Crippen molar-refractivity contribution in [3.8, 4) is 0 Å². The molecule has 1 fully saturated rings. The summed E-state index contributed by atoms with van der Waals surface area (Å²) < 4.78 is 1.81. The zero-order valence-corrected chi connectivity index (χ0v) is 19.2. The highest BCUT2D eigenvalue weighted by Gasteiger charge is 2.21. The number of hydrogen-bond donors (Lipinski definition) is 1. The van der Waals surface area contributed by atoms with Gasteiger partial charge < -0.3 is 15.1 Å². The van der Waals surface area contributed by atoms with E-state index in [1.165, 1.54) is 11.3 Å². The lowest BCUT2D eigenvalue weighted by Gasteiger charge is -2.38. The molecule has 27 heavy (non-hydrogen) atoms. The minimum atomic E-state index is 0. The number of guanidine groups is 1. The molecule has 0 bridgehead atoms. The van der Waals surface area contributed by atoms with Crippen LogP contribution in [-0.4, -0.2) is 53.4 Å². The summed E-state index contributed by atoms with van der Waals surface area (Å²) in [5.74, 6) is 0.971. The monoisotopic (exact) mass is 502 g/mol. The molecule has 0 amide bonds. The summed E-state index contributed by atoms with van der Waals surface area (Å²) in [4.78, 5) is 9.52. The summed E-state index contributed by atoms with van der Waals surface area (Å²) in [5.41, 5.74) is 3.62. The van der Waals surface area contributed by atoms with Crippen molar-refractivity contribution in [1.82, 2.24) is 20.0 Å². The molecular formula is C19H28ClIN6. The van der Waals surface area contributed by atoms with Gasteiger partial charge in [0.05, 0.1) is 12.7 Å². The molecule has 0 saturated carbocycles. The van der Waals surface area contributed by atoms with Gasteiger partial charge >= 0.3 is 0 Å². The van der Waals surface area contributed by atoms with Crippen LogP contribution in [0.1, 0.15) is 18.1 Å².